The summed E-state index contributed by atoms with van der Waals surface area (Å²) in [6, 6.07) is 21.0. The number of para-hydroxylation sites is 1. The van der Waals surface area contributed by atoms with Gasteiger partial charge in [0.05, 0.1) is 16.2 Å². The molecule has 8 heteroatoms. The average molecular weight is 488 g/mol. The van der Waals surface area contributed by atoms with Gasteiger partial charge in [-0.15, -0.1) is 0 Å². The van der Waals surface area contributed by atoms with Gasteiger partial charge in [0, 0.05) is 33.9 Å². The topological polar surface area (TPSA) is 87.3 Å². The monoisotopic (exact) mass is 487 g/mol. The number of nitro groups is 1. The molecule has 156 valence electrons. The minimum absolute atomic E-state index is 0.0409. The summed E-state index contributed by atoms with van der Waals surface area (Å²) in [7, 11) is 0. The fourth-order valence-electron chi connectivity index (χ4n) is 3.50. The fraction of sp³-hybridized carbons (Fsp3) is 0. The van der Waals surface area contributed by atoms with Crippen LogP contribution in [0.1, 0.15) is 15.9 Å². The molecule has 0 bridgehead atoms. The van der Waals surface area contributed by atoms with Crippen LogP contribution in [-0.4, -0.2) is 20.5 Å². The number of halogens is 1. The van der Waals surface area contributed by atoms with Crippen LogP contribution < -0.4 is 4.74 Å². The number of nitro benzene ring substituents is 1. The maximum absolute atomic E-state index is 12.9. The number of hydrogen-bond donors (Lipinski definition) is 0. The predicted octanol–water partition coefficient (Wildman–Crippen LogP) is 5.83. The van der Waals surface area contributed by atoms with E-state index < -0.39 is 4.92 Å². The number of Topliss-reactive ketones (excluding diaryl/α,β-unsaturated/α-hetero) is 1. The van der Waals surface area contributed by atoms with E-state index in [0.717, 1.165) is 10.2 Å². The van der Waals surface area contributed by atoms with Gasteiger partial charge in [0.25, 0.3) is 5.69 Å². The van der Waals surface area contributed by atoms with Crippen molar-refractivity contribution in [1.29, 1.82) is 0 Å². The fourth-order valence-corrected chi connectivity index (χ4v) is 3.86. The molecule has 0 radical (unpaired) electrons. The van der Waals surface area contributed by atoms with Crippen LogP contribution >= 0.6 is 15.9 Å². The molecule has 0 atom stereocenters. The molecule has 4 aromatic rings. The highest BCUT2D eigenvalue weighted by atomic mass is 79.9. The Kier molecular flexibility index (Phi) is 4.91. The van der Waals surface area contributed by atoms with Crippen molar-refractivity contribution in [1.82, 2.24) is 9.78 Å². The van der Waals surface area contributed by atoms with Crippen molar-refractivity contribution < 1.29 is 14.5 Å². The molecule has 0 aliphatic carbocycles. The number of nitrogens with zero attached hydrogens (tertiary/aromatic N) is 3. The van der Waals surface area contributed by atoms with Crippen molar-refractivity contribution in [3.05, 3.63) is 110 Å². The number of hydrogen-bond acceptors (Lipinski definition) is 5. The van der Waals surface area contributed by atoms with Gasteiger partial charge in [0.2, 0.25) is 5.78 Å². The Morgan fingerprint density at radius 3 is 2.62 bits per heavy atom. The molecule has 0 unspecified atom stereocenters. The van der Waals surface area contributed by atoms with Crippen molar-refractivity contribution in [2.75, 3.05) is 0 Å². The Labute approximate surface area is 190 Å². The highest BCUT2D eigenvalue weighted by Crippen LogP contribution is 2.35. The first-order valence-corrected chi connectivity index (χ1v) is 10.4. The maximum Gasteiger partial charge on any atom is 0.270 e. The van der Waals surface area contributed by atoms with Crippen molar-refractivity contribution in [3.63, 3.8) is 0 Å². The molecule has 0 N–H and O–H groups in total. The molecule has 5 rings (SSSR count). The minimum Gasteiger partial charge on any atom is -0.452 e. The Morgan fingerprint density at radius 1 is 1.03 bits per heavy atom. The Hall–Kier alpha value is -4.04. The molecule has 1 aromatic heterocycles. The van der Waals surface area contributed by atoms with E-state index in [-0.39, 0.29) is 17.2 Å². The third-order valence-electron chi connectivity index (χ3n) is 5.01. The lowest BCUT2D eigenvalue weighted by Crippen LogP contribution is -1.98. The van der Waals surface area contributed by atoms with E-state index in [1.807, 2.05) is 30.3 Å². The first-order valence-electron chi connectivity index (χ1n) is 9.63. The van der Waals surface area contributed by atoms with Crippen molar-refractivity contribution in [2.45, 2.75) is 0 Å². The molecule has 0 saturated carbocycles. The predicted molar refractivity (Wildman–Crippen MR) is 123 cm³/mol. The average Bonchev–Trinajstić information content (AvgIpc) is 3.36. The van der Waals surface area contributed by atoms with Gasteiger partial charge in [-0.25, -0.2) is 4.68 Å². The molecular weight excluding hydrogens is 474 g/mol. The third-order valence-corrected chi connectivity index (χ3v) is 5.50. The normalized spacial score (nSPS) is 13.8. The third kappa shape index (κ3) is 3.61. The summed E-state index contributed by atoms with van der Waals surface area (Å²) in [5.74, 6) is 0.410. The van der Waals surface area contributed by atoms with E-state index in [2.05, 4.69) is 21.0 Å². The summed E-state index contributed by atoms with van der Waals surface area (Å²) in [6.07, 6.45) is 3.39. The van der Waals surface area contributed by atoms with Crippen LogP contribution in [0.25, 0.3) is 23.0 Å². The number of benzene rings is 3. The number of ether oxygens (including phenoxy) is 1. The second kappa shape index (κ2) is 7.90. The SMILES string of the molecule is O=C1/C(=C/c2cn(-c3ccccc3)nc2-c2cccc([N+](=O)[O-])c2)Oc2ccc(Br)cc21. The van der Waals surface area contributed by atoms with Gasteiger partial charge in [0.1, 0.15) is 11.4 Å². The summed E-state index contributed by atoms with van der Waals surface area (Å²) in [5.41, 5.74) is 2.91. The lowest BCUT2D eigenvalue weighted by molar-refractivity contribution is -0.384. The molecule has 0 fully saturated rings. The minimum atomic E-state index is -0.450. The van der Waals surface area contributed by atoms with Crippen molar-refractivity contribution >= 4 is 33.5 Å². The zero-order valence-electron chi connectivity index (χ0n) is 16.4. The number of fused-ring (bicyclic) bond motifs is 1. The molecule has 3 aromatic carbocycles. The number of rotatable bonds is 4. The number of ketones is 1. The van der Waals surface area contributed by atoms with E-state index in [1.165, 1.54) is 12.1 Å². The summed E-state index contributed by atoms with van der Waals surface area (Å²) >= 11 is 3.37. The molecule has 7 nitrogen and oxygen atoms in total. The Morgan fingerprint density at radius 2 is 1.84 bits per heavy atom. The standard InChI is InChI=1S/C24H14BrN3O4/c25-17-9-10-21-20(13-17)24(29)22(32-21)12-16-14-27(18-6-2-1-3-7-18)26-23(16)15-5-4-8-19(11-15)28(30)31/h1-14H/b22-12-. The zero-order valence-corrected chi connectivity index (χ0v) is 18.0. The van der Waals surface area contributed by atoms with E-state index in [4.69, 9.17) is 4.74 Å². The smallest absolute Gasteiger partial charge is 0.270 e. The summed E-state index contributed by atoms with van der Waals surface area (Å²) < 4.78 is 8.24. The van der Waals surface area contributed by atoms with Crippen molar-refractivity contribution in [3.8, 4) is 22.7 Å². The van der Waals surface area contributed by atoms with Gasteiger partial charge in [-0.05, 0) is 36.4 Å². The zero-order chi connectivity index (χ0) is 22.2. The number of carbonyl (C=O) groups is 1. The number of allylic oxidation sites excluding steroid dienone is 1. The van der Waals surface area contributed by atoms with Crippen LogP contribution in [0.5, 0.6) is 5.75 Å². The van der Waals surface area contributed by atoms with Gasteiger partial charge in [-0.1, -0.05) is 46.3 Å². The second-order valence-electron chi connectivity index (χ2n) is 7.10. The van der Waals surface area contributed by atoms with Crippen LogP contribution in [0.2, 0.25) is 0 Å². The molecule has 2 heterocycles. The molecule has 0 amide bonds. The van der Waals surface area contributed by atoms with Crippen LogP contribution in [0.15, 0.2) is 89.2 Å². The van der Waals surface area contributed by atoms with Crippen LogP contribution in [-0.2, 0) is 0 Å². The maximum atomic E-state index is 12.9. The lowest BCUT2D eigenvalue weighted by Gasteiger charge is -2.01. The Balaban J connectivity index is 1.64. The first kappa shape index (κ1) is 19.9. The van der Waals surface area contributed by atoms with Crippen LogP contribution in [0.3, 0.4) is 0 Å². The molecule has 0 saturated heterocycles. The Bertz CT molecular complexity index is 1410. The largest absolute Gasteiger partial charge is 0.452 e. The molecule has 32 heavy (non-hydrogen) atoms. The highest BCUT2D eigenvalue weighted by Gasteiger charge is 2.28. The van der Waals surface area contributed by atoms with E-state index in [0.29, 0.717) is 28.1 Å². The summed E-state index contributed by atoms with van der Waals surface area (Å²) in [6.45, 7) is 0. The van der Waals surface area contributed by atoms with E-state index >= 15 is 0 Å². The van der Waals surface area contributed by atoms with Crippen LogP contribution in [0, 0.1) is 10.1 Å². The highest BCUT2D eigenvalue weighted by molar-refractivity contribution is 9.10. The van der Waals surface area contributed by atoms with Gasteiger partial charge in [0.15, 0.2) is 5.76 Å². The van der Waals surface area contributed by atoms with Gasteiger partial charge >= 0.3 is 0 Å². The number of non-ortho nitro benzene ring substituents is 1. The van der Waals surface area contributed by atoms with Gasteiger partial charge in [-0.3, -0.25) is 14.9 Å². The summed E-state index contributed by atoms with van der Waals surface area (Å²) in [4.78, 5) is 23.7. The number of aromatic nitrogens is 2. The van der Waals surface area contributed by atoms with E-state index in [1.54, 1.807) is 47.3 Å². The molecule has 1 aliphatic rings. The van der Waals surface area contributed by atoms with Crippen LogP contribution in [0.4, 0.5) is 5.69 Å². The van der Waals surface area contributed by atoms with Gasteiger partial charge in [-0.2, -0.15) is 5.10 Å². The summed E-state index contributed by atoms with van der Waals surface area (Å²) in [5, 5.41) is 15.9. The van der Waals surface area contributed by atoms with E-state index in [9.17, 15) is 14.9 Å². The van der Waals surface area contributed by atoms with Gasteiger partial charge < -0.3 is 4.74 Å². The van der Waals surface area contributed by atoms with Crippen molar-refractivity contribution in [2.24, 2.45) is 0 Å². The first-order chi connectivity index (χ1) is 15.5. The lowest BCUT2D eigenvalue weighted by atomic mass is 10.1. The second-order valence-corrected chi connectivity index (χ2v) is 8.02. The molecular formula is C24H14BrN3O4. The number of carbonyl (C=O) groups excluding carboxylic acids is 1. The molecule has 0 spiro atoms. The quantitative estimate of drug-likeness (QED) is 0.205. The molecule has 1 aliphatic heterocycles.